The van der Waals surface area contributed by atoms with Crippen LogP contribution in [0.15, 0.2) is 0 Å². The molecule has 0 aromatic carbocycles. The van der Waals surface area contributed by atoms with Crippen LogP contribution in [0.5, 0.6) is 0 Å². The zero-order valence-corrected chi connectivity index (χ0v) is 4.91. The summed E-state index contributed by atoms with van der Waals surface area (Å²) in [5, 5.41) is 0. The van der Waals surface area contributed by atoms with Crippen LogP contribution in [0.3, 0.4) is 0 Å². The minimum Gasteiger partial charge on any atom is -2.00 e. The predicted molar refractivity (Wildman–Crippen MR) is 2.06 cm³/mol. The largest absolute Gasteiger partial charge is 5.00 e. The molecule has 0 aliphatic heterocycles. The third kappa shape index (κ3) is 42.7. The second kappa shape index (κ2) is 75.2. The molecule has 0 N–H and O–H groups in total. The van der Waals surface area contributed by atoms with Gasteiger partial charge in [-0.25, -0.2) is 0 Å². The molecule has 5 heavy (non-hydrogen) atoms. The van der Waals surface area contributed by atoms with Gasteiger partial charge in [-0.15, -0.1) is 0 Å². The molecular weight excluding hydrogens is 150 g/mol. The predicted octanol–water partition coefficient (Wildman–Crippen LogP) is -0.361. The third-order valence-electron chi connectivity index (χ3n) is 0. The van der Waals surface area contributed by atoms with Gasteiger partial charge >= 0.3 is 37.1 Å². The van der Waals surface area contributed by atoms with E-state index in [9.17, 15) is 0 Å². The Hall–Kier alpha value is 1.05. The molecule has 5 heteroatoms. The van der Waals surface area contributed by atoms with Crippen LogP contribution in [0.25, 0.3) is 0 Å². The Labute approximate surface area is 53.8 Å². The van der Waals surface area contributed by atoms with Crippen molar-refractivity contribution < 1.29 is 53.5 Å². The van der Waals surface area contributed by atoms with Gasteiger partial charge in [-0.3, -0.25) is 0 Å². The molecule has 0 atom stereocenters. The van der Waals surface area contributed by atoms with Gasteiger partial charge < -0.3 is 16.4 Å². The molecule has 0 aliphatic rings. The van der Waals surface area contributed by atoms with E-state index >= 15 is 0 Å². The van der Waals surface area contributed by atoms with E-state index in [-0.39, 0.29) is 53.5 Å². The molecule has 0 saturated carbocycles. The summed E-state index contributed by atoms with van der Waals surface area (Å²) >= 11 is 0. The maximum atomic E-state index is 0. The molecule has 0 rings (SSSR count). The van der Waals surface area contributed by atoms with Gasteiger partial charge in [0.25, 0.3) is 0 Å². The summed E-state index contributed by atoms with van der Waals surface area (Å²) in [6, 6.07) is 0. The number of rotatable bonds is 0. The minimum absolute atomic E-state index is 0. The van der Waals surface area contributed by atoms with Crippen molar-refractivity contribution in [1.29, 1.82) is 0 Å². The first-order valence-corrected chi connectivity index (χ1v) is 0. The van der Waals surface area contributed by atoms with E-state index < -0.39 is 0 Å². The third-order valence-corrected chi connectivity index (χ3v) is 0. The van der Waals surface area contributed by atoms with Crippen LogP contribution in [-0.2, 0) is 53.5 Å². The van der Waals surface area contributed by atoms with Gasteiger partial charge in [0.05, 0.1) is 0 Å². The van der Waals surface area contributed by atoms with Gasteiger partial charge in [-0.05, 0) is 0 Å². The van der Waals surface area contributed by atoms with E-state index in [0.29, 0.717) is 0 Å². The van der Waals surface area contributed by atoms with Crippen LogP contribution in [-0.4, -0.2) is 0 Å². The molecule has 0 aromatic heterocycles. The molecule has 0 saturated heterocycles. The van der Waals surface area contributed by atoms with E-state index in [4.69, 9.17) is 0 Å². The van der Waals surface area contributed by atoms with Gasteiger partial charge in [0.1, 0.15) is 0 Å². The summed E-state index contributed by atoms with van der Waals surface area (Å²) in [6.07, 6.45) is 0. The molecule has 24 valence electrons. The van der Waals surface area contributed by atoms with Gasteiger partial charge in [0, 0.05) is 0 Å². The van der Waals surface area contributed by atoms with Gasteiger partial charge in [-0.1, -0.05) is 0 Å². The molecule has 0 radical (unpaired) electrons. The molecule has 0 fully saturated rings. The monoisotopic (exact) mass is 150 g/mol. The normalized spacial score (nSPS) is 0. The standard InChI is InChI=1S/3O.2V/q3*-2;2*+5. The average Bonchev–Trinajstić information content (AvgIpc) is 0. The molecule has 0 unspecified atom stereocenters. The van der Waals surface area contributed by atoms with E-state index in [1.807, 2.05) is 0 Å². The van der Waals surface area contributed by atoms with Crippen molar-refractivity contribution in [2.24, 2.45) is 0 Å². The molecule has 0 aliphatic carbocycles. The van der Waals surface area contributed by atoms with Crippen LogP contribution < -0.4 is 0 Å². The van der Waals surface area contributed by atoms with Crippen molar-refractivity contribution >= 4 is 0 Å². The van der Waals surface area contributed by atoms with Crippen molar-refractivity contribution in [1.82, 2.24) is 0 Å². The average molecular weight is 150 g/mol. The van der Waals surface area contributed by atoms with Crippen LogP contribution >= 0.6 is 0 Å². The Balaban J connectivity index is 0. The zero-order chi connectivity index (χ0) is 0. The van der Waals surface area contributed by atoms with Crippen LogP contribution in [0.1, 0.15) is 0 Å². The summed E-state index contributed by atoms with van der Waals surface area (Å²) in [5.74, 6) is 0. The maximum absolute atomic E-state index is 0. The van der Waals surface area contributed by atoms with Crippen molar-refractivity contribution in [2.45, 2.75) is 0 Å². The second-order valence-corrected chi connectivity index (χ2v) is 0. The van der Waals surface area contributed by atoms with Crippen LogP contribution in [0.2, 0.25) is 0 Å². The number of hydrogen-bond donors (Lipinski definition) is 0. The first-order chi connectivity index (χ1) is 0. The van der Waals surface area contributed by atoms with E-state index in [1.165, 1.54) is 0 Å². The molecule has 0 aromatic rings. The SMILES string of the molecule is [O-2].[O-2].[O-2].[V+5].[V+5]. The molecule has 0 amide bonds. The second-order valence-electron chi connectivity index (χ2n) is 0. The Kier molecular flexibility index (Phi) is 2110. The van der Waals surface area contributed by atoms with Crippen molar-refractivity contribution in [3.63, 3.8) is 0 Å². The molecular formula is O3V2+4. The fourth-order valence-electron chi connectivity index (χ4n) is 0. The summed E-state index contributed by atoms with van der Waals surface area (Å²) in [6.45, 7) is 0. The fourth-order valence-corrected chi connectivity index (χ4v) is 0. The van der Waals surface area contributed by atoms with Crippen molar-refractivity contribution in [2.75, 3.05) is 0 Å². The summed E-state index contributed by atoms with van der Waals surface area (Å²) in [5.41, 5.74) is 0. The van der Waals surface area contributed by atoms with Crippen molar-refractivity contribution in [3.05, 3.63) is 0 Å². The smallest absolute Gasteiger partial charge is 2.00 e. The van der Waals surface area contributed by atoms with Crippen LogP contribution in [0.4, 0.5) is 0 Å². The van der Waals surface area contributed by atoms with E-state index in [2.05, 4.69) is 0 Å². The van der Waals surface area contributed by atoms with Gasteiger partial charge in [-0.2, -0.15) is 0 Å². The van der Waals surface area contributed by atoms with Gasteiger partial charge in [0.15, 0.2) is 0 Å². The first-order valence-electron chi connectivity index (χ1n) is 0. The van der Waals surface area contributed by atoms with Gasteiger partial charge in [0.2, 0.25) is 0 Å². The summed E-state index contributed by atoms with van der Waals surface area (Å²) in [7, 11) is 0. The quantitative estimate of drug-likeness (QED) is 0.451. The van der Waals surface area contributed by atoms with E-state index in [1.54, 1.807) is 0 Å². The summed E-state index contributed by atoms with van der Waals surface area (Å²) in [4.78, 5) is 0. The minimum atomic E-state index is 0. The Bertz CT molecular complexity index is 4.85. The topological polar surface area (TPSA) is 85.5 Å². The van der Waals surface area contributed by atoms with Crippen LogP contribution in [0, 0.1) is 0 Å². The summed E-state index contributed by atoms with van der Waals surface area (Å²) < 4.78 is 0. The zero-order valence-electron chi connectivity index (χ0n) is 2.12. The Morgan fingerprint density at radius 2 is 0.400 bits per heavy atom. The maximum Gasteiger partial charge on any atom is 5.00 e. The molecule has 0 bridgehead atoms. The fraction of sp³-hybridized carbons (Fsp3) is 0. The molecule has 0 spiro atoms. The Morgan fingerprint density at radius 1 is 0.400 bits per heavy atom. The van der Waals surface area contributed by atoms with E-state index in [0.717, 1.165) is 0 Å². The number of hydrogen-bond acceptors (Lipinski definition) is 0. The van der Waals surface area contributed by atoms with Crippen molar-refractivity contribution in [3.8, 4) is 0 Å². The Morgan fingerprint density at radius 3 is 0.400 bits per heavy atom. The molecule has 3 nitrogen and oxygen atoms in total. The first kappa shape index (κ1) is 140. The molecule has 0 heterocycles.